The topological polar surface area (TPSA) is 69.7 Å². The van der Waals surface area contributed by atoms with Crippen molar-refractivity contribution in [1.29, 1.82) is 0 Å². The molecule has 0 aromatic heterocycles. The summed E-state index contributed by atoms with van der Waals surface area (Å²) in [5.41, 5.74) is 3.02. The average molecular weight is 462 g/mol. The number of rotatable bonds is 10. The second-order valence-electron chi connectivity index (χ2n) is 7.57. The lowest BCUT2D eigenvalue weighted by atomic mass is 10.1. The molecule has 1 fully saturated rings. The zero-order valence-electron chi connectivity index (χ0n) is 18.0. The van der Waals surface area contributed by atoms with E-state index >= 15 is 0 Å². The van der Waals surface area contributed by atoms with Crippen LogP contribution in [0.2, 0.25) is 0 Å². The van der Waals surface area contributed by atoms with Crippen LogP contribution < -0.4 is 5.32 Å². The number of hydrogen-bond acceptors (Lipinski definition) is 5. The zero-order chi connectivity index (χ0) is 22.1. The fourth-order valence-corrected chi connectivity index (χ4v) is 5.42. The Morgan fingerprint density at radius 1 is 1.00 bits per heavy atom. The molecule has 2 aromatic rings. The first-order valence-corrected chi connectivity index (χ1v) is 13.4. The summed E-state index contributed by atoms with van der Waals surface area (Å²) in [7, 11) is -3.11. The quantitative estimate of drug-likeness (QED) is 0.551. The molecular weight excluding hydrogens is 430 g/mol. The first-order valence-electron chi connectivity index (χ1n) is 10.7. The van der Waals surface area contributed by atoms with Crippen LogP contribution in [0.1, 0.15) is 28.4 Å². The van der Waals surface area contributed by atoms with Crippen molar-refractivity contribution in [2.24, 2.45) is 0 Å². The van der Waals surface area contributed by atoms with Gasteiger partial charge in [-0.25, -0.2) is 8.42 Å². The lowest BCUT2D eigenvalue weighted by molar-refractivity contribution is 0.0956. The van der Waals surface area contributed by atoms with Gasteiger partial charge in [-0.1, -0.05) is 42.5 Å². The maximum atomic E-state index is 12.5. The van der Waals surface area contributed by atoms with Crippen LogP contribution in [-0.2, 0) is 22.3 Å². The summed E-state index contributed by atoms with van der Waals surface area (Å²) in [6.45, 7) is 5.49. The first kappa shape index (κ1) is 23.8. The maximum absolute atomic E-state index is 12.5. The minimum absolute atomic E-state index is 0.0546. The van der Waals surface area contributed by atoms with Crippen molar-refractivity contribution < 1.29 is 13.2 Å². The molecule has 1 aliphatic rings. The molecule has 0 spiro atoms. The van der Waals surface area contributed by atoms with E-state index in [1.807, 2.05) is 42.5 Å². The van der Waals surface area contributed by atoms with Gasteiger partial charge >= 0.3 is 0 Å². The van der Waals surface area contributed by atoms with Gasteiger partial charge in [0.25, 0.3) is 5.91 Å². The highest BCUT2D eigenvalue weighted by atomic mass is 32.2. The van der Waals surface area contributed by atoms with E-state index in [4.69, 9.17) is 0 Å². The molecule has 1 heterocycles. The molecule has 1 N–H and O–H groups in total. The SMILES string of the molecule is CCS(=O)(=O)N1CCN(Cc2cccc(C(=O)NCCSCc3ccccc3)c2)CC1. The molecule has 168 valence electrons. The number of carbonyl (C=O) groups is 1. The number of sulfonamides is 1. The number of nitrogens with one attached hydrogen (secondary N) is 1. The van der Waals surface area contributed by atoms with E-state index < -0.39 is 10.0 Å². The van der Waals surface area contributed by atoms with Crippen LogP contribution in [0.3, 0.4) is 0 Å². The van der Waals surface area contributed by atoms with E-state index in [9.17, 15) is 13.2 Å². The van der Waals surface area contributed by atoms with E-state index in [2.05, 4.69) is 22.3 Å². The van der Waals surface area contributed by atoms with Crippen LogP contribution in [0.4, 0.5) is 0 Å². The summed E-state index contributed by atoms with van der Waals surface area (Å²) in [6, 6.07) is 18.0. The molecule has 1 saturated heterocycles. The van der Waals surface area contributed by atoms with Gasteiger partial charge in [0.15, 0.2) is 0 Å². The summed E-state index contributed by atoms with van der Waals surface area (Å²) < 4.78 is 25.6. The number of hydrogen-bond donors (Lipinski definition) is 1. The van der Waals surface area contributed by atoms with Crippen LogP contribution in [0.15, 0.2) is 54.6 Å². The van der Waals surface area contributed by atoms with Crippen LogP contribution in [0.25, 0.3) is 0 Å². The summed E-state index contributed by atoms with van der Waals surface area (Å²) in [5.74, 6) is 1.90. The standard InChI is InChI=1S/C23H31N3O3S2/c1-2-31(28,29)26-14-12-25(13-15-26)18-21-9-6-10-22(17-21)23(27)24-11-16-30-19-20-7-4-3-5-8-20/h3-10,17H,2,11-16,18-19H2,1H3,(H,24,27). The second kappa shape index (κ2) is 11.7. The minimum Gasteiger partial charge on any atom is -0.351 e. The number of amides is 1. The van der Waals surface area contributed by atoms with Crippen LogP contribution in [0, 0.1) is 0 Å². The highest BCUT2D eigenvalue weighted by Gasteiger charge is 2.25. The van der Waals surface area contributed by atoms with Crippen molar-refractivity contribution in [3.8, 4) is 0 Å². The molecule has 1 aliphatic heterocycles. The molecule has 2 aromatic carbocycles. The molecule has 1 amide bonds. The molecule has 0 saturated carbocycles. The Morgan fingerprint density at radius 2 is 1.71 bits per heavy atom. The summed E-state index contributed by atoms with van der Waals surface area (Å²) in [5, 5.41) is 3.00. The summed E-state index contributed by atoms with van der Waals surface area (Å²) in [6.07, 6.45) is 0. The fraction of sp³-hybridized carbons (Fsp3) is 0.435. The van der Waals surface area contributed by atoms with Gasteiger partial charge in [0.1, 0.15) is 0 Å². The normalized spacial score (nSPS) is 15.6. The number of carbonyl (C=O) groups excluding carboxylic acids is 1. The maximum Gasteiger partial charge on any atom is 0.251 e. The Labute approximate surface area is 190 Å². The van der Waals surface area contributed by atoms with Gasteiger partial charge in [-0.15, -0.1) is 0 Å². The van der Waals surface area contributed by atoms with Crippen molar-refractivity contribution >= 4 is 27.7 Å². The lowest BCUT2D eigenvalue weighted by Crippen LogP contribution is -2.48. The fourth-order valence-electron chi connectivity index (χ4n) is 3.52. The smallest absolute Gasteiger partial charge is 0.251 e. The highest BCUT2D eigenvalue weighted by Crippen LogP contribution is 2.14. The molecule has 0 radical (unpaired) electrons. The third-order valence-electron chi connectivity index (χ3n) is 5.33. The average Bonchev–Trinajstić information content (AvgIpc) is 2.80. The van der Waals surface area contributed by atoms with Crippen molar-refractivity contribution in [3.05, 3.63) is 71.3 Å². The Balaban J connectivity index is 1.41. The third kappa shape index (κ3) is 7.35. The summed E-state index contributed by atoms with van der Waals surface area (Å²) >= 11 is 1.81. The van der Waals surface area contributed by atoms with Crippen molar-refractivity contribution in [2.75, 3.05) is 44.2 Å². The van der Waals surface area contributed by atoms with E-state index in [0.29, 0.717) is 44.8 Å². The Kier molecular flexibility index (Phi) is 8.95. The molecule has 0 bridgehead atoms. The Morgan fingerprint density at radius 3 is 2.42 bits per heavy atom. The van der Waals surface area contributed by atoms with Crippen LogP contribution >= 0.6 is 11.8 Å². The van der Waals surface area contributed by atoms with Gasteiger partial charge in [-0.3, -0.25) is 9.69 Å². The molecule has 6 nitrogen and oxygen atoms in total. The molecule has 3 rings (SSSR count). The van der Waals surface area contributed by atoms with E-state index in [1.165, 1.54) is 5.56 Å². The largest absolute Gasteiger partial charge is 0.351 e. The van der Waals surface area contributed by atoms with Gasteiger partial charge in [0.05, 0.1) is 5.75 Å². The second-order valence-corrected chi connectivity index (χ2v) is 10.9. The molecular formula is C23H31N3O3S2. The van der Waals surface area contributed by atoms with E-state index in [-0.39, 0.29) is 11.7 Å². The van der Waals surface area contributed by atoms with Crippen molar-refractivity contribution in [2.45, 2.75) is 19.2 Å². The molecule has 0 atom stereocenters. The lowest BCUT2D eigenvalue weighted by Gasteiger charge is -2.33. The minimum atomic E-state index is -3.11. The van der Waals surface area contributed by atoms with Crippen molar-refractivity contribution in [1.82, 2.24) is 14.5 Å². The molecule has 0 unspecified atom stereocenters. The van der Waals surface area contributed by atoms with E-state index in [1.54, 1.807) is 23.0 Å². The molecule has 0 aliphatic carbocycles. The number of piperazine rings is 1. The van der Waals surface area contributed by atoms with Gasteiger partial charge < -0.3 is 5.32 Å². The molecule has 8 heteroatoms. The summed E-state index contributed by atoms with van der Waals surface area (Å²) in [4.78, 5) is 14.7. The van der Waals surface area contributed by atoms with Gasteiger partial charge in [0, 0.05) is 56.3 Å². The van der Waals surface area contributed by atoms with Crippen LogP contribution in [-0.4, -0.2) is 67.8 Å². The van der Waals surface area contributed by atoms with Gasteiger partial charge in [0.2, 0.25) is 10.0 Å². The Hall–Kier alpha value is -1.87. The van der Waals surface area contributed by atoms with Gasteiger partial charge in [-0.2, -0.15) is 16.1 Å². The zero-order valence-corrected chi connectivity index (χ0v) is 19.6. The monoisotopic (exact) mass is 461 g/mol. The predicted molar refractivity (Wildman–Crippen MR) is 128 cm³/mol. The van der Waals surface area contributed by atoms with E-state index in [0.717, 1.165) is 17.1 Å². The third-order valence-corrected chi connectivity index (χ3v) is 8.24. The molecule has 31 heavy (non-hydrogen) atoms. The number of benzene rings is 2. The van der Waals surface area contributed by atoms with Crippen molar-refractivity contribution in [3.63, 3.8) is 0 Å². The number of nitrogens with zero attached hydrogens (tertiary/aromatic N) is 2. The highest BCUT2D eigenvalue weighted by molar-refractivity contribution is 7.98. The van der Waals surface area contributed by atoms with Crippen LogP contribution in [0.5, 0.6) is 0 Å². The predicted octanol–water partition coefficient (Wildman–Crippen LogP) is 2.82. The van der Waals surface area contributed by atoms with Gasteiger partial charge in [-0.05, 0) is 30.2 Å². The Bertz CT molecular complexity index is 944. The number of thioether (sulfide) groups is 1. The first-order chi connectivity index (χ1) is 15.0.